The van der Waals surface area contributed by atoms with Crippen molar-refractivity contribution in [3.8, 4) is 0 Å². The minimum Gasteiger partial charge on any atom is -0.378 e. The average Bonchev–Trinajstić information content (AvgIpc) is 2.66. The molecule has 110 valence electrons. The minimum absolute atomic E-state index is 0.0758. The minimum atomic E-state index is -0.311. The van der Waals surface area contributed by atoms with Gasteiger partial charge in [-0.15, -0.1) is 0 Å². The zero-order valence-electron chi connectivity index (χ0n) is 11.8. The van der Waals surface area contributed by atoms with Gasteiger partial charge in [0.15, 0.2) is 0 Å². The summed E-state index contributed by atoms with van der Waals surface area (Å²) in [6, 6.07) is 1.35. The van der Waals surface area contributed by atoms with Gasteiger partial charge in [0, 0.05) is 25.1 Å². The van der Waals surface area contributed by atoms with Gasteiger partial charge in [-0.25, -0.2) is 0 Å². The Morgan fingerprint density at radius 1 is 1.60 bits per heavy atom. The van der Waals surface area contributed by atoms with Crippen LogP contribution in [0.2, 0.25) is 0 Å². The van der Waals surface area contributed by atoms with Crippen LogP contribution in [-0.4, -0.2) is 29.4 Å². The Morgan fingerprint density at radius 3 is 2.85 bits per heavy atom. The standard InChI is InChI=1S/C14H20N2O4/c1-3-19-11-8-10(14(11)5-4-6-14)15-13(18)9-7-12(17)16(2)20-9/h7,10-11H,3-6,8H2,1-2H3,(H,15,18). The van der Waals surface area contributed by atoms with Gasteiger partial charge in [0.1, 0.15) is 0 Å². The van der Waals surface area contributed by atoms with Crippen molar-refractivity contribution in [1.82, 2.24) is 10.1 Å². The molecule has 0 radical (unpaired) electrons. The Morgan fingerprint density at radius 2 is 2.35 bits per heavy atom. The van der Waals surface area contributed by atoms with Gasteiger partial charge in [0.05, 0.1) is 12.2 Å². The lowest BCUT2D eigenvalue weighted by atomic mass is 9.51. The lowest BCUT2D eigenvalue weighted by Gasteiger charge is -2.60. The Hall–Kier alpha value is -1.56. The normalized spacial score (nSPS) is 26.9. The molecule has 1 aromatic rings. The number of aromatic nitrogens is 1. The summed E-state index contributed by atoms with van der Waals surface area (Å²) >= 11 is 0. The predicted octanol–water partition coefficient (Wildman–Crippen LogP) is 1.06. The van der Waals surface area contributed by atoms with Gasteiger partial charge >= 0.3 is 0 Å². The van der Waals surface area contributed by atoms with Gasteiger partial charge in [0.25, 0.3) is 11.5 Å². The van der Waals surface area contributed by atoms with E-state index in [-0.39, 0.29) is 34.8 Å². The second-order valence-electron chi connectivity index (χ2n) is 5.73. The topological polar surface area (TPSA) is 73.5 Å². The van der Waals surface area contributed by atoms with Crippen LogP contribution in [-0.2, 0) is 11.8 Å². The summed E-state index contributed by atoms with van der Waals surface area (Å²) < 4.78 is 11.9. The van der Waals surface area contributed by atoms with E-state index >= 15 is 0 Å². The third-order valence-electron chi connectivity index (χ3n) is 4.77. The summed E-state index contributed by atoms with van der Waals surface area (Å²) in [6.45, 7) is 2.71. The Balaban J connectivity index is 1.67. The number of nitrogens with zero attached hydrogens (tertiary/aromatic N) is 1. The first kappa shape index (κ1) is 13.4. The molecular weight excluding hydrogens is 260 g/mol. The second-order valence-corrected chi connectivity index (χ2v) is 5.73. The zero-order chi connectivity index (χ0) is 14.3. The van der Waals surface area contributed by atoms with Crippen molar-refractivity contribution < 1.29 is 14.1 Å². The van der Waals surface area contributed by atoms with E-state index in [2.05, 4.69) is 5.32 Å². The van der Waals surface area contributed by atoms with Crippen LogP contribution < -0.4 is 10.9 Å². The molecule has 0 saturated heterocycles. The third kappa shape index (κ3) is 1.90. The largest absolute Gasteiger partial charge is 0.378 e. The summed E-state index contributed by atoms with van der Waals surface area (Å²) in [5.41, 5.74) is -0.199. The first-order valence-electron chi connectivity index (χ1n) is 7.16. The number of rotatable bonds is 4. The van der Waals surface area contributed by atoms with Crippen LogP contribution in [0.3, 0.4) is 0 Å². The lowest BCUT2D eigenvalue weighted by Crippen LogP contribution is -2.67. The van der Waals surface area contributed by atoms with Crippen LogP contribution in [0, 0.1) is 5.41 Å². The van der Waals surface area contributed by atoms with Crippen molar-refractivity contribution in [2.75, 3.05) is 6.61 Å². The Kier molecular flexibility index (Phi) is 3.20. The highest BCUT2D eigenvalue weighted by atomic mass is 16.5. The van der Waals surface area contributed by atoms with E-state index in [4.69, 9.17) is 9.26 Å². The maximum atomic E-state index is 12.1. The summed E-state index contributed by atoms with van der Waals surface area (Å²) in [4.78, 5) is 23.4. The molecule has 3 rings (SSSR count). The van der Waals surface area contributed by atoms with Crippen molar-refractivity contribution in [2.24, 2.45) is 12.5 Å². The molecule has 6 nitrogen and oxygen atoms in total. The highest BCUT2D eigenvalue weighted by Gasteiger charge is 2.59. The van der Waals surface area contributed by atoms with Gasteiger partial charge in [0.2, 0.25) is 5.76 Å². The predicted molar refractivity (Wildman–Crippen MR) is 71.5 cm³/mol. The van der Waals surface area contributed by atoms with Crippen LogP contribution in [0.25, 0.3) is 0 Å². The first-order valence-corrected chi connectivity index (χ1v) is 7.16. The summed E-state index contributed by atoms with van der Waals surface area (Å²) in [6.07, 6.45) is 4.49. The number of amides is 1. The van der Waals surface area contributed by atoms with Crippen LogP contribution in [0.1, 0.15) is 43.2 Å². The first-order chi connectivity index (χ1) is 9.56. The summed E-state index contributed by atoms with van der Waals surface area (Å²) in [5, 5.41) is 2.99. The van der Waals surface area contributed by atoms with Crippen molar-refractivity contribution in [1.29, 1.82) is 0 Å². The number of carbonyl (C=O) groups excluding carboxylic acids is 1. The smallest absolute Gasteiger partial charge is 0.290 e. The monoisotopic (exact) mass is 280 g/mol. The molecule has 2 atom stereocenters. The molecule has 2 fully saturated rings. The molecule has 0 aliphatic heterocycles. The van der Waals surface area contributed by atoms with Gasteiger partial charge in [-0.05, 0) is 26.2 Å². The fourth-order valence-electron chi connectivity index (χ4n) is 3.40. The van der Waals surface area contributed by atoms with E-state index in [1.807, 2.05) is 6.92 Å². The van der Waals surface area contributed by atoms with Crippen molar-refractivity contribution in [2.45, 2.75) is 44.8 Å². The molecule has 2 aliphatic carbocycles. The molecule has 0 aromatic carbocycles. The molecule has 20 heavy (non-hydrogen) atoms. The number of hydrogen-bond acceptors (Lipinski definition) is 4. The van der Waals surface area contributed by atoms with E-state index in [0.717, 1.165) is 24.0 Å². The summed E-state index contributed by atoms with van der Waals surface area (Å²) in [5.74, 6) is -0.235. The molecule has 1 heterocycles. The Labute approximate surface area is 117 Å². The van der Waals surface area contributed by atoms with Gasteiger partial charge in [-0.3, -0.25) is 9.59 Å². The molecule has 2 saturated carbocycles. The molecule has 0 bridgehead atoms. The number of nitrogens with one attached hydrogen (secondary N) is 1. The van der Waals surface area contributed by atoms with Crippen LogP contribution in [0.5, 0.6) is 0 Å². The highest BCUT2D eigenvalue weighted by Crippen LogP contribution is 2.57. The number of ether oxygens (including phenoxy) is 1. The number of carbonyl (C=O) groups is 1. The van der Waals surface area contributed by atoms with Crippen molar-refractivity contribution in [3.05, 3.63) is 22.2 Å². The molecule has 2 aliphatic rings. The molecule has 1 spiro atoms. The molecule has 1 amide bonds. The van der Waals surface area contributed by atoms with Gasteiger partial charge in [-0.2, -0.15) is 4.74 Å². The van der Waals surface area contributed by atoms with Crippen LogP contribution >= 0.6 is 0 Å². The van der Waals surface area contributed by atoms with E-state index < -0.39 is 0 Å². The maximum absolute atomic E-state index is 12.1. The van der Waals surface area contributed by atoms with E-state index in [1.165, 1.54) is 19.5 Å². The number of hydrogen-bond donors (Lipinski definition) is 1. The Bertz CT molecular complexity index is 570. The lowest BCUT2D eigenvalue weighted by molar-refractivity contribution is -0.169. The zero-order valence-corrected chi connectivity index (χ0v) is 11.8. The highest BCUT2D eigenvalue weighted by molar-refractivity contribution is 5.91. The molecule has 1 aromatic heterocycles. The van der Waals surface area contributed by atoms with Crippen molar-refractivity contribution in [3.63, 3.8) is 0 Å². The maximum Gasteiger partial charge on any atom is 0.290 e. The molecule has 6 heteroatoms. The quantitative estimate of drug-likeness (QED) is 0.895. The van der Waals surface area contributed by atoms with Crippen LogP contribution in [0.4, 0.5) is 0 Å². The van der Waals surface area contributed by atoms with E-state index in [1.54, 1.807) is 0 Å². The average molecular weight is 280 g/mol. The second kappa shape index (κ2) is 4.77. The number of aryl methyl sites for hydroxylation is 1. The van der Waals surface area contributed by atoms with Crippen LogP contribution in [0.15, 0.2) is 15.4 Å². The molecular formula is C14H20N2O4. The fraction of sp³-hybridized carbons (Fsp3) is 0.714. The SMILES string of the molecule is CCOC1CC(NC(=O)c2cc(=O)n(C)o2)C12CCC2. The van der Waals surface area contributed by atoms with Gasteiger partial charge < -0.3 is 14.6 Å². The third-order valence-corrected chi connectivity index (χ3v) is 4.77. The van der Waals surface area contributed by atoms with E-state index in [9.17, 15) is 9.59 Å². The van der Waals surface area contributed by atoms with E-state index in [0.29, 0.717) is 6.61 Å². The van der Waals surface area contributed by atoms with Gasteiger partial charge in [-0.1, -0.05) is 6.42 Å². The molecule has 2 unspecified atom stereocenters. The molecule has 1 N–H and O–H groups in total. The fourth-order valence-corrected chi connectivity index (χ4v) is 3.40. The van der Waals surface area contributed by atoms with Crippen molar-refractivity contribution >= 4 is 5.91 Å². The summed E-state index contributed by atoms with van der Waals surface area (Å²) in [7, 11) is 1.49.